The SMILES string of the molecule is O=C([O-])[O-].[NH2-].[NH2-].[NH2-].[NH2-].[Zn+2]. The average molecular weight is 189 g/mol. The second kappa shape index (κ2) is 46.9. The van der Waals surface area contributed by atoms with E-state index in [-0.39, 0.29) is 44.1 Å². The van der Waals surface area contributed by atoms with Crippen LogP contribution in [0.4, 0.5) is 4.79 Å². The fourth-order valence-corrected chi connectivity index (χ4v) is 0. The Kier molecular flexibility index (Phi) is 365. The molecule has 0 saturated carbocycles. The minimum Gasteiger partial charge on any atom is -0.693 e. The summed E-state index contributed by atoms with van der Waals surface area (Å²) >= 11 is 0. The van der Waals surface area contributed by atoms with E-state index >= 15 is 0 Å². The summed E-state index contributed by atoms with van der Waals surface area (Å²) in [5.74, 6) is 0. The predicted molar refractivity (Wildman–Crippen MR) is 26.5 cm³/mol. The fourth-order valence-electron chi connectivity index (χ4n) is 0. The normalized spacial score (nSPS) is 2.67. The van der Waals surface area contributed by atoms with Gasteiger partial charge in [0.1, 0.15) is 0 Å². The largest absolute Gasteiger partial charge is 2.00 e. The van der Waals surface area contributed by atoms with Gasteiger partial charge in [-0.1, -0.05) is 0 Å². The molecule has 0 atom stereocenters. The van der Waals surface area contributed by atoms with Gasteiger partial charge in [0.05, 0.1) is 0 Å². The summed E-state index contributed by atoms with van der Waals surface area (Å²) < 4.78 is 0. The number of hydrogen-bond donors (Lipinski definition) is 0. The van der Waals surface area contributed by atoms with Gasteiger partial charge in [0.25, 0.3) is 0 Å². The Morgan fingerprint density at radius 1 is 0.889 bits per heavy atom. The molecule has 0 aromatic carbocycles. The zero-order valence-electron chi connectivity index (χ0n) is 4.74. The number of hydrogen-bond acceptors (Lipinski definition) is 3. The quantitative estimate of drug-likeness (QED) is 0.498. The number of carbonyl (C=O) groups is 1. The second-order valence-electron chi connectivity index (χ2n) is 0.250. The minimum absolute atomic E-state index is 0. The van der Waals surface area contributed by atoms with Gasteiger partial charge in [-0.25, -0.2) is 0 Å². The van der Waals surface area contributed by atoms with Gasteiger partial charge in [-0.05, 0) is 6.16 Å². The first-order chi connectivity index (χ1) is 1.73. The van der Waals surface area contributed by atoms with Gasteiger partial charge in [0, 0.05) is 0 Å². The third-order valence-corrected chi connectivity index (χ3v) is 0. The van der Waals surface area contributed by atoms with Gasteiger partial charge in [-0.3, -0.25) is 0 Å². The van der Waals surface area contributed by atoms with Crippen LogP contribution in [0, 0.1) is 0 Å². The summed E-state index contributed by atoms with van der Waals surface area (Å²) in [7, 11) is 0. The topological polar surface area (TPSA) is 197 Å². The molecule has 0 rings (SSSR count). The second-order valence-corrected chi connectivity index (χ2v) is 0.250. The first-order valence-corrected chi connectivity index (χ1v) is 0.612. The van der Waals surface area contributed by atoms with Crippen molar-refractivity contribution in [2.45, 2.75) is 0 Å². The number of nitrogens with two attached hydrogens (primary N) is 4. The molecule has 0 saturated heterocycles. The van der Waals surface area contributed by atoms with Gasteiger partial charge in [0.2, 0.25) is 0 Å². The van der Waals surface area contributed by atoms with Crippen LogP contribution in [0.3, 0.4) is 0 Å². The molecule has 0 heterocycles. The van der Waals surface area contributed by atoms with E-state index in [1.165, 1.54) is 0 Å². The summed E-state index contributed by atoms with van der Waals surface area (Å²) in [6, 6.07) is 0. The van der Waals surface area contributed by atoms with E-state index in [1.807, 2.05) is 0 Å². The van der Waals surface area contributed by atoms with Crippen molar-refractivity contribution < 1.29 is 34.5 Å². The summed E-state index contributed by atoms with van der Waals surface area (Å²) in [4.78, 5) is 8.33. The Hall–Kier alpha value is -0.267. The van der Waals surface area contributed by atoms with E-state index in [9.17, 15) is 0 Å². The van der Waals surface area contributed by atoms with E-state index < -0.39 is 6.16 Å². The molecular weight excluding hydrogens is 181 g/mol. The molecule has 0 bridgehead atoms. The van der Waals surface area contributed by atoms with Gasteiger partial charge in [0.15, 0.2) is 0 Å². The molecule has 0 unspecified atom stereocenters. The van der Waals surface area contributed by atoms with Crippen LogP contribution in [-0.4, -0.2) is 6.16 Å². The van der Waals surface area contributed by atoms with Crippen molar-refractivity contribution in [3.8, 4) is 0 Å². The van der Waals surface area contributed by atoms with Crippen LogP contribution >= 0.6 is 0 Å². The van der Waals surface area contributed by atoms with Crippen LogP contribution < -0.4 is 10.2 Å². The Morgan fingerprint density at radius 3 is 0.889 bits per heavy atom. The fraction of sp³-hybridized carbons (Fsp3) is 0. The maximum atomic E-state index is 8.33. The molecule has 0 radical (unpaired) electrons. The molecule has 7 nitrogen and oxygen atoms in total. The van der Waals surface area contributed by atoms with Gasteiger partial charge in [-0.2, -0.15) is 0 Å². The standard InChI is InChI=1S/CH2O3.4H2N.Zn/c2-1(3)4;;;;;/h(H2,2,3,4);4*1H2;/q;4*-1;+2/p-2. The van der Waals surface area contributed by atoms with Crippen molar-refractivity contribution in [1.29, 1.82) is 0 Å². The maximum absolute atomic E-state index is 8.33. The maximum Gasteiger partial charge on any atom is 2.00 e. The molecule has 0 amide bonds. The van der Waals surface area contributed by atoms with Crippen molar-refractivity contribution in [3.63, 3.8) is 0 Å². The molecule has 0 aromatic heterocycles. The predicted octanol–water partition coefficient (Wildman–Crippen LogP) is 0.419. The Balaban J connectivity index is -0.00000000450. The average Bonchev–Trinajstić information content (AvgIpc) is 0.811. The zero-order valence-corrected chi connectivity index (χ0v) is 7.71. The van der Waals surface area contributed by atoms with E-state index in [2.05, 4.69) is 0 Å². The number of rotatable bonds is 0. The van der Waals surface area contributed by atoms with Gasteiger partial charge >= 0.3 is 19.5 Å². The summed E-state index contributed by atoms with van der Waals surface area (Å²) in [6.07, 6.45) is -2.33. The molecule has 0 aliphatic heterocycles. The molecule has 8 heteroatoms. The zero-order chi connectivity index (χ0) is 3.58. The van der Waals surface area contributed by atoms with E-state index in [0.717, 1.165) is 0 Å². The van der Waals surface area contributed by atoms with Crippen LogP contribution in [0.25, 0.3) is 24.6 Å². The van der Waals surface area contributed by atoms with Crippen molar-refractivity contribution in [1.82, 2.24) is 0 Å². The monoisotopic (exact) mass is 188 g/mol. The molecule has 0 aliphatic carbocycles. The molecular formula is CH8N4O3Zn-4. The van der Waals surface area contributed by atoms with Crippen LogP contribution in [0.15, 0.2) is 0 Å². The molecule has 9 heavy (non-hydrogen) atoms. The van der Waals surface area contributed by atoms with Crippen molar-refractivity contribution in [2.75, 3.05) is 0 Å². The minimum atomic E-state index is -2.33. The third-order valence-electron chi connectivity index (χ3n) is 0. The van der Waals surface area contributed by atoms with Gasteiger partial charge < -0.3 is 39.6 Å². The number of carbonyl (C=O) groups excluding carboxylic acids is 1. The molecule has 0 spiro atoms. The number of carboxylic acid groups (broad SMARTS) is 2. The van der Waals surface area contributed by atoms with E-state index in [4.69, 9.17) is 15.0 Å². The van der Waals surface area contributed by atoms with E-state index in [0.29, 0.717) is 0 Å². The van der Waals surface area contributed by atoms with Crippen LogP contribution in [0.1, 0.15) is 0 Å². The third kappa shape index (κ3) is 3580. The van der Waals surface area contributed by atoms with Crippen molar-refractivity contribution in [2.24, 2.45) is 0 Å². The van der Waals surface area contributed by atoms with Crippen molar-refractivity contribution in [3.05, 3.63) is 24.6 Å². The summed E-state index contributed by atoms with van der Waals surface area (Å²) in [5.41, 5.74) is 0. The van der Waals surface area contributed by atoms with Crippen LogP contribution in [-0.2, 0) is 19.5 Å². The molecule has 0 fully saturated rings. The van der Waals surface area contributed by atoms with E-state index in [1.54, 1.807) is 0 Å². The Morgan fingerprint density at radius 2 is 0.889 bits per heavy atom. The molecule has 56 valence electrons. The Labute approximate surface area is 65.9 Å². The molecule has 8 N–H and O–H groups in total. The van der Waals surface area contributed by atoms with Crippen LogP contribution in [0.2, 0.25) is 0 Å². The summed E-state index contributed by atoms with van der Waals surface area (Å²) in [5, 5.41) is 16.7. The molecule has 0 aromatic rings. The van der Waals surface area contributed by atoms with Crippen molar-refractivity contribution >= 4 is 6.16 Å². The Bertz CT molecular complexity index is 38.8. The first-order valence-electron chi connectivity index (χ1n) is 0.612. The smallest absolute Gasteiger partial charge is 0.693 e. The van der Waals surface area contributed by atoms with Crippen LogP contribution in [0.5, 0.6) is 0 Å². The molecule has 0 aliphatic rings. The summed E-state index contributed by atoms with van der Waals surface area (Å²) in [6.45, 7) is 0. The first kappa shape index (κ1) is 69.9. The van der Waals surface area contributed by atoms with Gasteiger partial charge in [-0.15, -0.1) is 0 Å².